The smallest absolute Gasteiger partial charge is 0.251 e. The molecule has 10 heteroatoms. The van der Waals surface area contributed by atoms with E-state index in [4.69, 9.17) is 5.14 Å². The molecule has 0 atom stereocenters. The van der Waals surface area contributed by atoms with Crippen LogP contribution < -0.4 is 10.5 Å². The molecule has 0 aliphatic rings. The fourth-order valence-corrected chi connectivity index (χ4v) is 2.48. The Hall–Kier alpha value is -2.85. The van der Waals surface area contributed by atoms with Crippen LogP contribution in [0.15, 0.2) is 47.5 Å². The lowest BCUT2D eigenvalue weighted by atomic mass is 10.2. The van der Waals surface area contributed by atoms with Gasteiger partial charge in [0.2, 0.25) is 10.0 Å². The summed E-state index contributed by atoms with van der Waals surface area (Å²) in [5.41, 5.74) is 1.64. The summed E-state index contributed by atoms with van der Waals surface area (Å²) in [6.07, 6.45) is 1.59. The number of hydrogen-bond acceptors (Lipinski definition) is 6. The zero-order valence-corrected chi connectivity index (χ0v) is 12.6. The minimum absolute atomic E-state index is 0.0253. The van der Waals surface area contributed by atoms with Crippen LogP contribution in [0.25, 0.3) is 5.65 Å². The first-order chi connectivity index (χ1) is 10.9. The summed E-state index contributed by atoms with van der Waals surface area (Å²) in [5.74, 6) is -0.286. The quantitative estimate of drug-likeness (QED) is 0.674. The Balaban J connectivity index is 1.68. The van der Waals surface area contributed by atoms with Crippen LogP contribution in [0.5, 0.6) is 0 Å². The molecule has 3 rings (SSSR count). The highest BCUT2D eigenvalue weighted by Gasteiger charge is 2.09. The number of sulfonamides is 1. The van der Waals surface area contributed by atoms with Crippen molar-refractivity contribution < 1.29 is 13.2 Å². The monoisotopic (exact) mass is 332 g/mol. The van der Waals surface area contributed by atoms with Gasteiger partial charge in [0.05, 0.1) is 4.90 Å². The Morgan fingerprint density at radius 2 is 1.96 bits per heavy atom. The molecular formula is C13H12N6O3S. The Labute approximate surface area is 131 Å². The third-order valence-electron chi connectivity index (χ3n) is 3.17. The molecule has 2 heterocycles. The van der Waals surface area contributed by atoms with Gasteiger partial charge >= 0.3 is 0 Å². The second-order valence-corrected chi connectivity index (χ2v) is 6.33. The van der Waals surface area contributed by atoms with E-state index in [-0.39, 0.29) is 17.3 Å². The zero-order valence-electron chi connectivity index (χ0n) is 11.7. The molecular weight excluding hydrogens is 320 g/mol. The summed E-state index contributed by atoms with van der Waals surface area (Å²) in [7, 11) is -3.72. The predicted molar refractivity (Wildman–Crippen MR) is 79.8 cm³/mol. The Morgan fingerprint density at radius 3 is 2.65 bits per heavy atom. The number of aromatic nitrogens is 4. The van der Waals surface area contributed by atoms with Crippen LogP contribution in [0.2, 0.25) is 0 Å². The number of pyridine rings is 1. The zero-order chi connectivity index (χ0) is 16.4. The van der Waals surface area contributed by atoms with Gasteiger partial charge in [0.1, 0.15) is 0 Å². The Bertz CT molecular complexity index is 965. The highest BCUT2D eigenvalue weighted by Crippen LogP contribution is 2.09. The average Bonchev–Trinajstić information content (AvgIpc) is 2.99. The minimum atomic E-state index is -3.72. The summed E-state index contributed by atoms with van der Waals surface area (Å²) in [6, 6.07) is 9.13. The number of nitrogens with one attached hydrogen (secondary N) is 1. The number of rotatable bonds is 4. The average molecular weight is 332 g/mol. The van der Waals surface area contributed by atoms with Crippen molar-refractivity contribution in [3.05, 3.63) is 53.7 Å². The first kappa shape index (κ1) is 15.1. The van der Waals surface area contributed by atoms with Gasteiger partial charge in [-0.15, -0.1) is 5.10 Å². The van der Waals surface area contributed by atoms with Crippen molar-refractivity contribution in [3.63, 3.8) is 0 Å². The molecule has 0 spiro atoms. The minimum Gasteiger partial charge on any atom is -0.348 e. The van der Waals surface area contributed by atoms with Crippen molar-refractivity contribution in [2.45, 2.75) is 11.4 Å². The number of hydrogen-bond donors (Lipinski definition) is 2. The van der Waals surface area contributed by atoms with Crippen molar-refractivity contribution in [3.8, 4) is 0 Å². The molecule has 0 aliphatic heterocycles. The maximum absolute atomic E-state index is 12.1. The van der Waals surface area contributed by atoms with Crippen molar-refractivity contribution in [1.82, 2.24) is 25.4 Å². The summed E-state index contributed by atoms with van der Waals surface area (Å²) in [6.45, 7) is 0.250. The van der Waals surface area contributed by atoms with Crippen LogP contribution in [0, 0.1) is 0 Å². The number of nitrogens with two attached hydrogens (primary N) is 1. The molecule has 23 heavy (non-hydrogen) atoms. The van der Waals surface area contributed by atoms with E-state index in [9.17, 15) is 13.2 Å². The summed E-state index contributed by atoms with van der Waals surface area (Å²) >= 11 is 0. The molecule has 9 nitrogen and oxygen atoms in total. The number of nitrogens with zero attached hydrogens (tertiary/aromatic N) is 4. The first-order valence-electron chi connectivity index (χ1n) is 6.51. The van der Waals surface area contributed by atoms with Gasteiger partial charge in [-0.05, 0) is 40.3 Å². The lowest BCUT2D eigenvalue weighted by molar-refractivity contribution is 0.0951. The second kappa shape index (κ2) is 5.74. The molecule has 0 bridgehead atoms. The van der Waals surface area contributed by atoms with Crippen LogP contribution in [0.4, 0.5) is 0 Å². The summed E-state index contributed by atoms with van der Waals surface area (Å²) < 4.78 is 23.8. The van der Waals surface area contributed by atoms with Gasteiger partial charge in [-0.3, -0.25) is 4.79 Å². The topological polar surface area (TPSA) is 132 Å². The summed E-state index contributed by atoms with van der Waals surface area (Å²) in [4.78, 5) is 12.1. The molecule has 0 saturated heterocycles. The van der Waals surface area contributed by atoms with E-state index in [1.807, 2.05) is 0 Å². The van der Waals surface area contributed by atoms with Gasteiger partial charge in [0.15, 0.2) is 5.65 Å². The van der Waals surface area contributed by atoms with Crippen molar-refractivity contribution in [1.29, 1.82) is 0 Å². The molecule has 0 unspecified atom stereocenters. The van der Waals surface area contributed by atoms with E-state index in [0.717, 1.165) is 5.56 Å². The number of carbonyl (C=O) groups excluding carboxylic acids is 1. The first-order valence-corrected chi connectivity index (χ1v) is 8.06. The van der Waals surface area contributed by atoms with Crippen molar-refractivity contribution >= 4 is 21.6 Å². The Morgan fingerprint density at radius 1 is 1.22 bits per heavy atom. The van der Waals surface area contributed by atoms with E-state index in [1.165, 1.54) is 16.6 Å². The van der Waals surface area contributed by atoms with E-state index in [2.05, 4.69) is 20.8 Å². The molecule has 0 fully saturated rings. The molecule has 3 N–H and O–H groups in total. The van der Waals surface area contributed by atoms with E-state index < -0.39 is 10.0 Å². The fourth-order valence-electron chi connectivity index (χ4n) is 1.96. The molecule has 0 aliphatic carbocycles. The van der Waals surface area contributed by atoms with E-state index in [0.29, 0.717) is 11.2 Å². The molecule has 3 aromatic rings. The van der Waals surface area contributed by atoms with Crippen LogP contribution in [-0.2, 0) is 16.6 Å². The number of tetrazole rings is 1. The SMILES string of the molecule is NS(=O)(=O)c1ccc(CNC(=O)c2ccn3nnnc3c2)cc1. The number of benzene rings is 1. The van der Waals surface area contributed by atoms with Crippen molar-refractivity contribution in [2.24, 2.45) is 5.14 Å². The lowest BCUT2D eigenvalue weighted by Gasteiger charge is -2.06. The highest BCUT2D eigenvalue weighted by atomic mass is 32.2. The maximum atomic E-state index is 12.1. The predicted octanol–water partition coefficient (Wildman–Crippen LogP) is -0.298. The van der Waals surface area contributed by atoms with Gasteiger partial charge in [-0.25, -0.2) is 18.1 Å². The number of carbonyl (C=O) groups is 1. The standard InChI is InChI=1S/C13H12N6O3S/c14-23(21,22)11-3-1-9(2-4-11)8-15-13(20)10-5-6-19-12(7-10)16-17-18-19/h1-7H,8H2,(H,15,20)(H2,14,21,22). The highest BCUT2D eigenvalue weighted by molar-refractivity contribution is 7.89. The molecule has 118 valence electrons. The molecule has 1 amide bonds. The molecule has 0 radical (unpaired) electrons. The number of amides is 1. The second-order valence-electron chi connectivity index (χ2n) is 4.77. The fraction of sp³-hybridized carbons (Fsp3) is 0.0769. The maximum Gasteiger partial charge on any atom is 0.251 e. The van der Waals surface area contributed by atoms with Gasteiger partial charge in [-0.1, -0.05) is 12.1 Å². The summed E-state index contributed by atoms with van der Waals surface area (Å²) in [5, 5.41) is 18.7. The van der Waals surface area contributed by atoms with Crippen LogP contribution in [0.1, 0.15) is 15.9 Å². The number of fused-ring (bicyclic) bond motifs is 1. The van der Waals surface area contributed by atoms with Gasteiger partial charge in [0, 0.05) is 18.3 Å². The lowest BCUT2D eigenvalue weighted by Crippen LogP contribution is -2.23. The van der Waals surface area contributed by atoms with Crippen molar-refractivity contribution in [2.75, 3.05) is 0 Å². The van der Waals surface area contributed by atoms with Crippen LogP contribution in [-0.4, -0.2) is 34.4 Å². The van der Waals surface area contributed by atoms with Gasteiger partial charge in [-0.2, -0.15) is 0 Å². The molecule has 2 aromatic heterocycles. The normalized spacial score (nSPS) is 11.5. The van der Waals surface area contributed by atoms with Gasteiger partial charge in [0.25, 0.3) is 5.91 Å². The van der Waals surface area contributed by atoms with Crippen LogP contribution >= 0.6 is 0 Å². The van der Waals surface area contributed by atoms with E-state index in [1.54, 1.807) is 30.5 Å². The third-order valence-corrected chi connectivity index (χ3v) is 4.09. The largest absolute Gasteiger partial charge is 0.348 e. The van der Waals surface area contributed by atoms with E-state index >= 15 is 0 Å². The van der Waals surface area contributed by atoms with Crippen LogP contribution in [0.3, 0.4) is 0 Å². The molecule has 0 saturated carbocycles. The number of primary sulfonamides is 1. The Kier molecular flexibility index (Phi) is 3.76. The molecule has 1 aromatic carbocycles. The third kappa shape index (κ3) is 3.33. The van der Waals surface area contributed by atoms with Gasteiger partial charge < -0.3 is 5.32 Å².